The number of hydrogen-bond acceptors (Lipinski definition) is 5. The Labute approximate surface area is 156 Å². The molecular formula is C20H31N5O. The Morgan fingerprint density at radius 3 is 2.19 bits per heavy atom. The Kier molecular flexibility index (Phi) is 5.56. The summed E-state index contributed by atoms with van der Waals surface area (Å²) in [6, 6.07) is 0. The van der Waals surface area contributed by atoms with Crippen LogP contribution in [0.1, 0.15) is 51.4 Å². The Morgan fingerprint density at radius 1 is 0.846 bits per heavy atom. The maximum atomic E-state index is 12.8. The fraction of sp³-hybridized carbons (Fsp3) is 0.750. The predicted molar refractivity (Wildman–Crippen MR) is 103 cm³/mol. The highest BCUT2D eigenvalue weighted by Crippen LogP contribution is 2.32. The molecule has 6 heteroatoms. The Balaban J connectivity index is 1.39. The highest BCUT2D eigenvalue weighted by Gasteiger charge is 2.30. The number of aromatic nitrogens is 2. The summed E-state index contributed by atoms with van der Waals surface area (Å²) in [5, 5.41) is 0. The highest BCUT2D eigenvalue weighted by molar-refractivity contribution is 5.79. The third-order valence-electron chi connectivity index (χ3n) is 6.18. The number of likely N-dealkylation sites (tertiary alicyclic amines) is 1. The van der Waals surface area contributed by atoms with Gasteiger partial charge in [0.25, 0.3) is 0 Å². The van der Waals surface area contributed by atoms with Gasteiger partial charge < -0.3 is 14.7 Å². The van der Waals surface area contributed by atoms with Gasteiger partial charge in [-0.1, -0.05) is 0 Å². The molecule has 4 rings (SSSR count). The SMILES string of the molecule is O=C(C1CCN(c2cncnc2N2CCCCC2)CC1)N1CCCCC1. The molecule has 3 aliphatic heterocycles. The molecule has 3 saturated heterocycles. The van der Waals surface area contributed by atoms with Crippen LogP contribution in [-0.2, 0) is 4.79 Å². The third kappa shape index (κ3) is 3.79. The monoisotopic (exact) mass is 357 g/mol. The second-order valence-corrected chi connectivity index (χ2v) is 7.93. The summed E-state index contributed by atoms with van der Waals surface area (Å²) in [5.41, 5.74) is 1.15. The number of amides is 1. The standard InChI is InChI=1S/C20H31N5O/c26-20(25-11-5-2-6-12-25)17-7-13-23(14-8-17)18-15-21-16-22-19(18)24-9-3-1-4-10-24/h15-17H,1-14H2. The van der Waals surface area contributed by atoms with Crippen LogP contribution in [0, 0.1) is 5.92 Å². The van der Waals surface area contributed by atoms with Gasteiger partial charge >= 0.3 is 0 Å². The molecule has 0 radical (unpaired) electrons. The number of rotatable bonds is 3. The smallest absolute Gasteiger partial charge is 0.225 e. The molecule has 0 bridgehead atoms. The van der Waals surface area contributed by atoms with E-state index in [9.17, 15) is 4.79 Å². The molecule has 1 amide bonds. The number of anilines is 2. The van der Waals surface area contributed by atoms with Crippen molar-refractivity contribution in [3.8, 4) is 0 Å². The van der Waals surface area contributed by atoms with Crippen molar-refractivity contribution < 1.29 is 4.79 Å². The topological polar surface area (TPSA) is 52.6 Å². The second kappa shape index (κ2) is 8.23. The number of carbonyl (C=O) groups excluding carboxylic acids is 1. The van der Waals surface area contributed by atoms with Crippen molar-refractivity contribution in [2.75, 3.05) is 49.1 Å². The lowest BCUT2D eigenvalue weighted by atomic mass is 9.94. The van der Waals surface area contributed by atoms with Crippen LogP contribution in [0.25, 0.3) is 0 Å². The largest absolute Gasteiger partial charge is 0.367 e. The summed E-state index contributed by atoms with van der Waals surface area (Å²) in [6.07, 6.45) is 13.0. The van der Waals surface area contributed by atoms with E-state index in [4.69, 9.17) is 0 Å². The predicted octanol–water partition coefficient (Wildman–Crippen LogP) is 2.70. The van der Waals surface area contributed by atoms with Crippen molar-refractivity contribution in [3.63, 3.8) is 0 Å². The van der Waals surface area contributed by atoms with Crippen molar-refractivity contribution in [1.29, 1.82) is 0 Å². The minimum Gasteiger partial charge on any atom is -0.367 e. The van der Waals surface area contributed by atoms with E-state index in [0.29, 0.717) is 5.91 Å². The van der Waals surface area contributed by atoms with Gasteiger partial charge in [0.15, 0.2) is 5.82 Å². The Bertz CT molecular complexity index is 602. The molecule has 1 aromatic rings. The normalized spacial score (nSPS) is 22.5. The lowest BCUT2D eigenvalue weighted by molar-refractivity contribution is -0.137. The number of carbonyl (C=O) groups is 1. The lowest BCUT2D eigenvalue weighted by Gasteiger charge is -2.38. The van der Waals surface area contributed by atoms with Gasteiger partial charge in [0.05, 0.1) is 11.9 Å². The van der Waals surface area contributed by atoms with E-state index in [0.717, 1.165) is 63.6 Å². The van der Waals surface area contributed by atoms with E-state index in [1.54, 1.807) is 6.33 Å². The minimum absolute atomic E-state index is 0.201. The number of hydrogen-bond donors (Lipinski definition) is 0. The molecule has 1 aromatic heterocycles. The van der Waals surface area contributed by atoms with Crippen LogP contribution in [0.3, 0.4) is 0 Å². The van der Waals surface area contributed by atoms with Crippen LogP contribution in [0.5, 0.6) is 0 Å². The fourth-order valence-corrected chi connectivity index (χ4v) is 4.63. The van der Waals surface area contributed by atoms with Gasteiger partial charge in [-0.05, 0) is 51.4 Å². The molecule has 0 saturated carbocycles. The van der Waals surface area contributed by atoms with E-state index in [2.05, 4.69) is 24.7 Å². The maximum Gasteiger partial charge on any atom is 0.225 e. The Hall–Kier alpha value is -1.85. The summed E-state index contributed by atoms with van der Waals surface area (Å²) in [4.78, 5) is 28.6. The molecule has 0 unspecified atom stereocenters. The summed E-state index contributed by atoms with van der Waals surface area (Å²) in [5.74, 6) is 1.68. The van der Waals surface area contributed by atoms with E-state index in [1.807, 2.05) is 6.20 Å². The summed E-state index contributed by atoms with van der Waals surface area (Å²) in [7, 11) is 0. The first-order chi connectivity index (χ1) is 12.8. The zero-order valence-corrected chi connectivity index (χ0v) is 15.8. The second-order valence-electron chi connectivity index (χ2n) is 7.93. The van der Waals surface area contributed by atoms with Gasteiger partial charge in [0.1, 0.15) is 6.33 Å². The molecule has 3 aliphatic rings. The number of piperidine rings is 3. The summed E-state index contributed by atoms with van der Waals surface area (Å²) < 4.78 is 0. The molecule has 0 N–H and O–H groups in total. The molecule has 0 aromatic carbocycles. The van der Waals surface area contributed by atoms with Crippen LogP contribution >= 0.6 is 0 Å². The molecule has 6 nitrogen and oxygen atoms in total. The van der Waals surface area contributed by atoms with Crippen LogP contribution in [0.15, 0.2) is 12.5 Å². The van der Waals surface area contributed by atoms with Crippen LogP contribution in [0.4, 0.5) is 11.5 Å². The minimum atomic E-state index is 0.201. The van der Waals surface area contributed by atoms with Crippen molar-refractivity contribution in [1.82, 2.24) is 14.9 Å². The van der Waals surface area contributed by atoms with Crippen molar-refractivity contribution in [2.24, 2.45) is 5.92 Å². The third-order valence-corrected chi connectivity index (χ3v) is 6.18. The van der Waals surface area contributed by atoms with Crippen molar-refractivity contribution in [2.45, 2.75) is 51.4 Å². The van der Waals surface area contributed by atoms with Gasteiger partial charge in [-0.15, -0.1) is 0 Å². The van der Waals surface area contributed by atoms with Crippen LogP contribution in [0.2, 0.25) is 0 Å². The molecule has 0 spiro atoms. The van der Waals surface area contributed by atoms with Gasteiger partial charge in [-0.3, -0.25) is 4.79 Å². The molecule has 3 fully saturated rings. The Morgan fingerprint density at radius 2 is 1.50 bits per heavy atom. The van der Waals surface area contributed by atoms with Crippen LogP contribution < -0.4 is 9.80 Å². The molecule has 0 aliphatic carbocycles. The summed E-state index contributed by atoms with van der Waals surface area (Å²) in [6.45, 7) is 5.97. The first-order valence-electron chi connectivity index (χ1n) is 10.4. The van der Waals surface area contributed by atoms with E-state index in [1.165, 1.54) is 38.5 Å². The quantitative estimate of drug-likeness (QED) is 0.832. The maximum absolute atomic E-state index is 12.8. The van der Waals surface area contributed by atoms with Gasteiger partial charge in [-0.25, -0.2) is 9.97 Å². The average Bonchev–Trinajstić information content (AvgIpc) is 2.75. The molecule has 26 heavy (non-hydrogen) atoms. The van der Waals surface area contributed by atoms with Gasteiger partial charge in [-0.2, -0.15) is 0 Å². The average molecular weight is 358 g/mol. The van der Waals surface area contributed by atoms with E-state index in [-0.39, 0.29) is 5.92 Å². The number of nitrogens with zero attached hydrogens (tertiary/aromatic N) is 5. The van der Waals surface area contributed by atoms with E-state index >= 15 is 0 Å². The van der Waals surface area contributed by atoms with E-state index < -0.39 is 0 Å². The zero-order chi connectivity index (χ0) is 17.8. The van der Waals surface area contributed by atoms with Gasteiger partial charge in [0.2, 0.25) is 5.91 Å². The molecular weight excluding hydrogens is 326 g/mol. The highest BCUT2D eigenvalue weighted by atomic mass is 16.2. The lowest BCUT2D eigenvalue weighted by Crippen LogP contribution is -2.44. The van der Waals surface area contributed by atoms with Crippen molar-refractivity contribution >= 4 is 17.4 Å². The molecule has 4 heterocycles. The molecule has 142 valence electrons. The first kappa shape index (κ1) is 17.6. The van der Waals surface area contributed by atoms with Gasteiger partial charge in [0, 0.05) is 45.2 Å². The van der Waals surface area contributed by atoms with Crippen LogP contribution in [-0.4, -0.2) is 60.0 Å². The summed E-state index contributed by atoms with van der Waals surface area (Å²) >= 11 is 0. The fourth-order valence-electron chi connectivity index (χ4n) is 4.63. The zero-order valence-electron chi connectivity index (χ0n) is 15.8. The first-order valence-corrected chi connectivity index (χ1v) is 10.4. The van der Waals surface area contributed by atoms with Crippen molar-refractivity contribution in [3.05, 3.63) is 12.5 Å². The molecule has 0 atom stereocenters.